The van der Waals surface area contributed by atoms with Crippen LogP contribution in [-0.2, 0) is 0 Å². The van der Waals surface area contributed by atoms with Gasteiger partial charge in [-0.15, -0.1) is 0 Å². The van der Waals surface area contributed by atoms with Gasteiger partial charge < -0.3 is 16.0 Å². The van der Waals surface area contributed by atoms with Gasteiger partial charge in [0, 0.05) is 16.6 Å². The van der Waals surface area contributed by atoms with Gasteiger partial charge in [0.15, 0.2) is 5.11 Å². The minimum Gasteiger partial charge on any atom is -0.339 e. The maximum Gasteiger partial charge on any atom is 0.253 e. The number of carbonyl (C=O) groups is 1. The number of rotatable bonds is 4. The van der Waals surface area contributed by atoms with Crippen molar-refractivity contribution in [1.82, 2.24) is 10.6 Å². The molecule has 8 heteroatoms. The quantitative estimate of drug-likeness (QED) is 0.172. The molecule has 4 aromatic rings. The van der Waals surface area contributed by atoms with Crippen molar-refractivity contribution in [2.45, 2.75) is 9.96 Å². The number of alkyl halides is 3. The van der Waals surface area contributed by atoms with Crippen LogP contribution >= 0.6 is 47.0 Å². The predicted octanol–water partition coefficient (Wildman–Crippen LogP) is 6.41. The second kappa shape index (κ2) is 9.51. The maximum atomic E-state index is 13.0. The van der Waals surface area contributed by atoms with E-state index in [1.807, 2.05) is 78.9 Å². The van der Waals surface area contributed by atoms with E-state index in [1.54, 1.807) is 6.07 Å². The van der Waals surface area contributed by atoms with Crippen molar-refractivity contribution in [2.24, 2.45) is 0 Å². The van der Waals surface area contributed by atoms with Gasteiger partial charge in [-0.3, -0.25) is 4.79 Å². The number of thiocarbonyl (C=S) groups is 1. The fourth-order valence-electron chi connectivity index (χ4n) is 3.46. The Morgan fingerprint density at radius 1 is 0.750 bits per heavy atom. The van der Waals surface area contributed by atoms with Gasteiger partial charge in [0.25, 0.3) is 5.91 Å². The number of halogens is 3. The minimum absolute atomic E-state index is 0.205. The Kier molecular flexibility index (Phi) is 6.72. The van der Waals surface area contributed by atoms with Crippen LogP contribution in [0.25, 0.3) is 21.5 Å². The average Bonchev–Trinajstić information content (AvgIpc) is 2.78. The summed E-state index contributed by atoms with van der Waals surface area (Å²) in [5.41, 5.74) is 1.26. The Bertz CT molecular complexity index is 1300. The van der Waals surface area contributed by atoms with E-state index in [0.29, 0.717) is 5.56 Å². The van der Waals surface area contributed by atoms with Gasteiger partial charge >= 0.3 is 0 Å². The van der Waals surface area contributed by atoms with Crippen LogP contribution < -0.4 is 16.0 Å². The Morgan fingerprint density at radius 2 is 1.31 bits per heavy atom. The first-order valence-corrected chi connectivity index (χ1v) is 11.3. The Hall–Kier alpha value is -2.57. The number of nitrogens with one attached hydrogen (secondary N) is 3. The zero-order valence-corrected chi connectivity index (χ0v) is 19.7. The molecule has 4 nitrogen and oxygen atoms in total. The third-order valence-corrected chi connectivity index (χ3v) is 5.82. The largest absolute Gasteiger partial charge is 0.339 e. The molecule has 0 aliphatic heterocycles. The van der Waals surface area contributed by atoms with Crippen LogP contribution in [0.2, 0.25) is 0 Å². The van der Waals surface area contributed by atoms with Crippen LogP contribution in [0.5, 0.6) is 0 Å². The van der Waals surface area contributed by atoms with Crippen molar-refractivity contribution in [1.29, 1.82) is 0 Å². The van der Waals surface area contributed by atoms with Gasteiger partial charge in [-0.1, -0.05) is 108 Å². The first-order chi connectivity index (χ1) is 15.3. The Labute approximate surface area is 205 Å². The molecule has 4 rings (SSSR count). The van der Waals surface area contributed by atoms with Gasteiger partial charge in [-0.2, -0.15) is 0 Å². The van der Waals surface area contributed by atoms with Crippen LogP contribution in [-0.4, -0.2) is 21.0 Å². The number of hydrogen-bond donors (Lipinski definition) is 3. The maximum absolute atomic E-state index is 13.0. The lowest BCUT2D eigenvalue weighted by Crippen LogP contribution is -2.56. The molecule has 0 fully saturated rings. The second-order valence-electron chi connectivity index (χ2n) is 7.10. The predicted molar refractivity (Wildman–Crippen MR) is 139 cm³/mol. The molecule has 0 heterocycles. The van der Waals surface area contributed by atoms with E-state index in [2.05, 4.69) is 16.0 Å². The number of amides is 1. The van der Waals surface area contributed by atoms with Crippen LogP contribution in [0.4, 0.5) is 5.69 Å². The Morgan fingerprint density at radius 3 is 2.00 bits per heavy atom. The molecule has 1 atom stereocenters. The van der Waals surface area contributed by atoms with E-state index in [0.717, 1.165) is 27.2 Å². The molecule has 0 radical (unpaired) electrons. The van der Waals surface area contributed by atoms with Crippen molar-refractivity contribution < 1.29 is 4.79 Å². The molecule has 1 unspecified atom stereocenters. The van der Waals surface area contributed by atoms with E-state index < -0.39 is 15.9 Å². The number of fused-ring (bicyclic) bond motifs is 2. The lowest BCUT2D eigenvalue weighted by Gasteiger charge is -2.28. The highest BCUT2D eigenvalue weighted by atomic mass is 35.6. The second-order valence-corrected chi connectivity index (χ2v) is 9.88. The highest BCUT2D eigenvalue weighted by molar-refractivity contribution is 7.80. The zero-order valence-electron chi connectivity index (χ0n) is 16.6. The third kappa shape index (κ3) is 5.08. The smallest absolute Gasteiger partial charge is 0.253 e. The monoisotopic (exact) mass is 501 g/mol. The number of anilines is 1. The van der Waals surface area contributed by atoms with Gasteiger partial charge in [0.05, 0.1) is 0 Å². The summed E-state index contributed by atoms with van der Waals surface area (Å²) in [7, 11) is 0. The molecule has 0 bridgehead atoms. The van der Waals surface area contributed by atoms with Gasteiger partial charge in [-0.05, 0) is 40.5 Å². The fourth-order valence-corrected chi connectivity index (χ4v) is 4.01. The molecule has 0 aromatic heterocycles. The van der Waals surface area contributed by atoms with Gasteiger partial charge in [0.1, 0.15) is 6.17 Å². The zero-order chi connectivity index (χ0) is 22.7. The summed E-state index contributed by atoms with van der Waals surface area (Å²) >= 11 is 23.9. The summed E-state index contributed by atoms with van der Waals surface area (Å²) in [6.45, 7) is 0. The first kappa shape index (κ1) is 22.6. The SMILES string of the molecule is O=C(NC(NC(=S)Nc1cccc2ccccc12)C(Cl)(Cl)Cl)c1cccc2ccccc12. The van der Waals surface area contributed by atoms with Gasteiger partial charge in [0.2, 0.25) is 3.79 Å². The van der Waals surface area contributed by atoms with E-state index in [1.165, 1.54) is 0 Å². The standard InChI is InChI=1S/C24H18Cl3N3OS/c25-24(26,27)22(29-21(31)19-13-5-9-15-7-1-3-11-17(15)19)30-23(32)28-20-14-6-10-16-8-2-4-12-18(16)20/h1-14,22H,(H,29,31)(H2,28,30,32). The van der Waals surface area contributed by atoms with Crippen LogP contribution in [0.1, 0.15) is 10.4 Å². The Balaban J connectivity index is 1.54. The molecule has 0 aliphatic carbocycles. The lowest BCUT2D eigenvalue weighted by atomic mass is 10.0. The normalized spacial score (nSPS) is 12.3. The molecule has 32 heavy (non-hydrogen) atoms. The summed E-state index contributed by atoms with van der Waals surface area (Å²) in [6, 6.07) is 26.8. The van der Waals surface area contributed by atoms with Crippen LogP contribution in [0.15, 0.2) is 84.9 Å². The molecule has 162 valence electrons. The topological polar surface area (TPSA) is 53.2 Å². The minimum atomic E-state index is -1.86. The van der Waals surface area contributed by atoms with E-state index >= 15 is 0 Å². The molecular formula is C24H18Cl3N3OS. The van der Waals surface area contributed by atoms with Crippen molar-refractivity contribution in [3.05, 3.63) is 90.5 Å². The van der Waals surface area contributed by atoms with E-state index in [9.17, 15) is 4.79 Å². The molecule has 1 amide bonds. The van der Waals surface area contributed by atoms with Crippen molar-refractivity contribution in [3.63, 3.8) is 0 Å². The summed E-state index contributed by atoms with van der Waals surface area (Å²) in [5.74, 6) is -0.390. The third-order valence-electron chi connectivity index (χ3n) is 4.95. The molecule has 0 aliphatic rings. The first-order valence-electron chi connectivity index (χ1n) is 9.73. The summed E-state index contributed by atoms with van der Waals surface area (Å²) in [5, 5.41) is 12.8. The summed E-state index contributed by atoms with van der Waals surface area (Å²) in [4.78, 5) is 13.0. The van der Waals surface area contributed by atoms with Crippen molar-refractivity contribution in [3.8, 4) is 0 Å². The van der Waals surface area contributed by atoms with Crippen LogP contribution in [0.3, 0.4) is 0 Å². The molecule has 0 saturated carbocycles. The number of carbonyl (C=O) groups excluding carboxylic acids is 1. The average molecular weight is 503 g/mol. The highest BCUT2D eigenvalue weighted by Gasteiger charge is 2.35. The molecule has 0 saturated heterocycles. The molecule has 4 aromatic carbocycles. The molecule has 3 N–H and O–H groups in total. The van der Waals surface area contributed by atoms with E-state index in [4.69, 9.17) is 47.0 Å². The van der Waals surface area contributed by atoms with E-state index in [-0.39, 0.29) is 5.11 Å². The highest BCUT2D eigenvalue weighted by Crippen LogP contribution is 2.30. The number of hydrogen-bond acceptors (Lipinski definition) is 2. The van der Waals surface area contributed by atoms with Crippen molar-refractivity contribution >= 4 is 85.3 Å². The van der Waals surface area contributed by atoms with Gasteiger partial charge in [-0.25, -0.2) is 0 Å². The number of benzene rings is 4. The molecular weight excluding hydrogens is 485 g/mol. The van der Waals surface area contributed by atoms with Crippen molar-refractivity contribution in [2.75, 3.05) is 5.32 Å². The van der Waals surface area contributed by atoms with Crippen LogP contribution in [0, 0.1) is 0 Å². The lowest BCUT2D eigenvalue weighted by molar-refractivity contribution is 0.0936. The summed E-state index contributed by atoms with van der Waals surface area (Å²) < 4.78 is -1.86. The summed E-state index contributed by atoms with van der Waals surface area (Å²) in [6.07, 6.45) is -1.08. The fraction of sp³-hybridized carbons (Fsp3) is 0.0833. The molecule has 0 spiro atoms.